The first-order chi connectivity index (χ1) is 14.2. The lowest BCUT2D eigenvalue weighted by Crippen LogP contribution is -2.20. The number of carbonyl (C=O) groups excluding carboxylic acids is 1. The van der Waals surface area contributed by atoms with Crippen molar-refractivity contribution in [3.63, 3.8) is 0 Å². The lowest BCUT2D eigenvalue weighted by atomic mass is 10.2. The molecule has 0 radical (unpaired) electrons. The quantitative estimate of drug-likeness (QED) is 0.466. The molecule has 0 bridgehead atoms. The van der Waals surface area contributed by atoms with Crippen LogP contribution in [0.25, 0.3) is 10.2 Å². The number of hydrogen-bond acceptors (Lipinski definition) is 7. The average Bonchev–Trinajstić information content (AvgIpc) is 3.13. The number of thiophene rings is 1. The van der Waals surface area contributed by atoms with Crippen LogP contribution in [0.5, 0.6) is 0 Å². The normalized spacial score (nSPS) is 11.5. The number of aromatic nitrogens is 2. The molecule has 0 aliphatic heterocycles. The number of nitrogens with one attached hydrogen (secondary N) is 3. The van der Waals surface area contributed by atoms with E-state index in [1.165, 1.54) is 11.7 Å². The van der Waals surface area contributed by atoms with Crippen molar-refractivity contribution in [3.05, 3.63) is 40.8 Å². The molecule has 160 valence electrons. The summed E-state index contributed by atoms with van der Waals surface area (Å²) in [4.78, 5) is 20.6. The van der Waals surface area contributed by atoms with Crippen LogP contribution in [-0.2, 0) is 10.0 Å². The number of hydrogen-bond donors (Lipinski definition) is 3. The lowest BCUT2D eigenvalue weighted by Gasteiger charge is -2.13. The van der Waals surface area contributed by atoms with E-state index in [0.717, 1.165) is 11.3 Å². The summed E-state index contributed by atoms with van der Waals surface area (Å²) >= 11 is 1.13. The molecular formula is C17H16F3N5O3S2. The van der Waals surface area contributed by atoms with Crippen molar-refractivity contribution in [3.8, 4) is 0 Å². The van der Waals surface area contributed by atoms with Crippen molar-refractivity contribution in [2.24, 2.45) is 0 Å². The Balaban J connectivity index is 2.00. The Morgan fingerprint density at radius 1 is 1.20 bits per heavy atom. The van der Waals surface area contributed by atoms with Gasteiger partial charge in [0, 0.05) is 18.5 Å². The highest BCUT2D eigenvalue weighted by Gasteiger charge is 2.25. The van der Waals surface area contributed by atoms with Gasteiger partial charge in [0.2, 0.25) is 10.0 Å². The van der Waals surface area contributed by atoms with Crippen LogP contribution >= 0.6 is 11.3 Å². The maximum absolute atomic E-state index is 14.7. The molecule has 30 heavy (non-hydrogen) atoms. The third-order valence-corrected chi connectivity index (χ3v) is 6.42. The molecule has 13 heteroatoms. The zero-order valence-corrected chi connectivity index (χ0v) is 17.3. The van der Waals surface area contributed by atoms with E-state index in [9.17, 15) is 26.4 Å². The summed E-state index contributed by atoms with van der Waals surface area (Å²) < 4.78 is 69.1. The van der Waals surface area contributed by atoms with Gasteiger partial charge in [-0.25, -0.2) is 31.6 Å². The SMILES string of the molecule is CCCS(=O)(=O)Nc1cc(F)c(F)c(NC(=O)c2csc3c(NC)ncnc23)c1F. The Labute approximate surface area is 173 Å². The molecule has 0 aliphatic carbocycles. The number of nitrogens with zero attached hydrogens (tertiary/aromatic N) is 2. The second-order valence-electron chi connectivity index (χ2n) is 6.08. The Morgan fingerprint density at radius 3 is 2.60 bits per heavy atom. The van der Waals surface area contributed by atoms with Crippen molar-refractivity contribution >= 4 is 54.7 Å². The minimum absolute atomic E-state index is 0.00919. The van der Waals surface area contributed by atoms with Gasteiger partial charge in [0.25, 0.3) is 5.91 Å². The van der Waals surface area contributed by atoms with E-state index in [0.29, 0.717) is 16.6 Å². The fraction of sp³-hybridized carbons (Fsp3) is 0.235. The second kappa shape index (κ2) is 8.44. The third kappa shape index (κ3) is 4.16. The predicted molar refractivity (Wildman–Crippen MR) is 109 cm³/mol. The summed E-state index contributed by atoms with van der Waals surface area (Å²) in [6.45, 7) is 1.58. The predicted octanol–water partition coefficient (Wildman–Crippen LogP) is 3.55. The summed E-state index contributed by atoms with van der Waals surface area (Å²) in [6.07, 6.45) is 1.44. The summed E-state index contributed by atoms with van der Waals surface area (Å²) in [5.74, 6) is -5.48. The first kappa shape index (κ1) is 21.8. The molecule has 0 aliphatic rings. The van der Waals surface area contributed by atoms with E-state index < -0.39 is 44.8 Å². The fourth-order valence-corrected chi connectivity index (χ4v) is 4.76. The van der Waals surface area contributed by atoms with Crippen LogP contribution in [0.2, 0.25) is 0 Å². The van der Waals surface area contributed by atoms with E-state index in [-0.39, 0.29) is 23.3 Å². The van der Waals surface area contributed by atoms with Gasteiger partial charge >= 0.3 is 0 Å². The van der Waals surface area contributed by atoms with Crippen molar-refractivity contribution in [2.75, 3.05) is 28.2 Å². The number of benzene rings is 1. The van der Waals surface area contributed by atoms with Crippen LogP contribution in [0, 0.1) is 17.5 Å². The molecule has 0 spiro atoms. The smallest absolute Gasteiger partial charge is 0.258 e. The molecule has 3 N–H and O–H groups in total. The molecule has 0 unspecified atom stereocenters. The second-order valence-corrected chi connectivity index (χ2v) is 8.80. The molecule has 0 fully saturated rings. The van der Waals surface area contributed by atoms with Crippen LogP contribution < -0.4 is 15.4 Å². The van der Waals surface area contributed by atoms with Crippen molar-refractivity contribution in [1.82, 2.24) is 9.97 Å². The first-order valence-electron chi connectivity index (χ1n) is 8.57. The summed E-state index contributed by atoms with van der Waals surface area (Å²) in [6, 6.07) is 0.375. The minimum Gasteiger partial charge on any atom is -0.372 e. The molecule has 8 nitrogen and oxygen atoms in total. The standard InChI is InChI=1S/C17H16F3N5O3S2/c1-3-4-30(27,28)25-10-5-9(18)11(19)14(12(10)20)24-17(26)8-6-29-15-13(8)22-7-23-16(15)21-2/h5-7,25H,3-4H2,1-2H3,(H,24,26)(H,21,22,23). The lowest BCUT2D eigenvalue weighted by molar-refractivity contribution is 0.102. The van der Waals surface area contributed by atoms with Gasteiger partial charge in [-0.15, -0.1) is 11.3 Å². The molecule has 0 saturated carbocycles. The number of sulfonamides is 1. The molecule has 1 aromatic carbocycles. The van der Waals surface area contributed by atoms with Crippen LogP contribution in [0.1, 0.15) is 23.7 Å². The van der Waals surface area contributed by atoms with E-state index >= 15 is 0 Å². The summed E-state index contributed by atoms with van der Waals surface area (Å²) in [7, 11) is -2.35. The summed E-state index contributed by atoms with van der Waals surface area (Å²) in [5, 5.41) is 6.21. The van der Waals surface area contributed by atoms with E-state index in [1.54, 1.807) is 14.0 Å². The van der Waals surface area contributed by atoms with Gasteiger partial charge in [0.1, 0.15) is 17.8 Å². The number of halogens is 3. The molecule has 3 aromatic rings. The first-order valence-corrected chi connectivity index (χ1v) is 11.1. The largest absolute Gasteiger partial charge is 0.372 e. The minimum atomic E-state index is -3.98. The molecule has 0 atom stereocenters. The molecule has 1 amide bonds. The van der Waals surface area contributed by atoms with Crippen molar-refractivity contribution < 1.29 is 26.4 Å². The number of anilines is 3. The summed E-state index contributed by atoms with van der Waals surface area (Å²) in [5.41, 5.74) is -1.70. The molecule has 3 rings (SSSR count). The van der Waals surface area contributed by atoms with E-state index in [4.69, 9.17) is 0 Å². The molecule has 0 saturated heterocycles. The Bertz CT molecular complexity index is 1230. The number of rotatable bonds is 7. The van der Waals surface area contributed by atoms with Crippen LogP contribution in [-0.4, -0.2) is 37.1 Å². The molecule has 2 heterocycles. The molecular weight excluding hydrogens is 443 g/mol. The third-order valence-electron chi connectivity index (χ3n) is 3.97. The van der Waals surface area contributed by atoms with Crippen LogP contribution in [0.4, 0.5) is 30.4 Å². The van der Waals surface area contributed by atoms with Gasteiger partial charge in [-0.05, 0) is 6.42 Å². The maximum Gasteiger partial charge on any atom is 0.258 e. The average molecular weight is 459 g/mol. The number of fused-ring (bicyclic) bond motifs is 1. The Morgan fingerprint density at radius 2 is 1.93 bits per heavy atom. The van der Waals surface area contributed by atoms with Crippen molar-refractivity contribution in [1.29, 1.82) is 0 Å². The zero-order chi connectivity index (χ0) is 22.1. The monoisotopic (exact) mass is 459 g/mol. The van der Waals surface area contributed by atoms with Gasteiger partial charge in [-0.1, -0.05) is 6.92 Å². The highest BCUT2D eigenvalue weighted by atomic mass is 32.2. The van der Waals surface area contributed by atoms with Gasteiger partial charge < -0.3 is 10.6 Å². The van der Waals surface area contributed by atoms with Gasteiger partial charge in [-0.3, -0.25) is 9.52 Å². The van der Waals surface area contributed by atoms with Crippen LogP contribution in [0.15, 0.2) is 17.8 Å². The topological polar surface area (TPSA) is 113 Å². The van der Waals surface area contributed by atoms with Gasteiger partial charge in [-0.2, -0.15) is 0 Å². The van der Waals surface area contributed by atoms with Crippen molar-refractivity contribution in [2.45, 2.75) is 13.3 Å². The van der Waals surface area contributed by atoms with E-state index in [2.05, 4.69) is 15.3 Å². The fourth-order valence-electron chi connectivity index (χ4n) is 2.65. The highest BCUT2D eigenvalue weighted by Crippen LogP contribution is 2.32. The van der Waals surface area contributed by atoms with Crippen LogP contribution in [0.3, 0.4) is 0 Å². The number of carbonyl (C=O) groups is 1. The zero-order valence-electron chi connectivity index (χ0n) is 15.7. The number of amides is 1. The van der Waals surface area contributed by atoms with E-state index in [1.807, 2.05) is 10.0 Å². The highest BCUT2D eigenvalue weighted by molar-refractivity contribution is 7.92. The molecule has 2 aromatic heterocycles. The Hall–Kier alpha value is -2.93. The van der Waals surface area contributed by atoms with Gasteiger partial charge in [0.15, 0.2) is 17.5 Å². The maximum atomic E-state index is 14.7. The van der Waals surface area contributed by atoms with Gasteiger partial charge in [0.05, 0.1) is 27.2 Å². The Kier molecular flexibility index (Phi) is 6.12.